The number of carbonyl (C=O) groups is 1. The highest BCUT2D eigenvalue weighted by Gasteiger charge is 2.21. The van der Waals surface area contributed by atoms with Gasteiger partial charge in [0.05, 0.1) is 12.0 Å². The highest BCUT2D eigenvalue weighted by Crippen LogP contribution is 2.12. The maximum absolute atomic E-state index is 11.8. The summed E-state index contributed by atoms with van der Waals surface area (Å²) in [4.78, 5) is 11.1. The van der Waals surface area contributed by atoms with Crippen LogP contribution in [-0.2, 0) is 14.6 Å². The molecule has 0 aliphatic heterocycles. The van der Waals surface area contributed by atoms with E-state index in [0.717, 1.165) is 12.7 Å². The fourth-order valence-electron chi connectivity index (χ4n) is 1.17. The number of rotatable bonds is 3. The Bertz CT molecular complexity index is 496. The molecule has 0 aliphatic carbocycles. The summed E-state index contributed by atoms with van der Waals surface area (Å²) in [6.45, 7) is 1.85. The average Bonchev–Trinajstić information content (AvgIpc) is 2.27. The normalized spacial score (nSPS) is 11.0. The third kappa shape index (κ3) is 3.43. The summed E-state index contributed by atoms with van der Waals surface area (Å²) in [5.41, 5.74) is 0.946. The summed E-state index contributed by atoms with van der Waals surface area (Å²) in [7, 11) is -2.51. The molecule has 1 rings (SSSR count). The first-order chi connectivity index (χ1) is 7.86. The Kier molecular flexibility index (Phi) is 4.08. The van der Waals surface area contributed by atoms with Gasteiger partial charge in [-0.1, -0.05) is 17.7 Å². The average molecular weight is 258 g/mol. The van der Waals surface area contributed by atoms with Gasteiger partial charge in [-0.15, -0.1) is 0 Å². The van der Waals surface area contributed by atoms with Gasteiger partial charge in [0.15, 0.2) is 9.84 Å². The minimum absolute atomic E-state index is 0.113. The summed E-state index contributed by atoms with van der Waals surface area (Å²) in [5.74, 6) is 4.64. The van der Waals surface area contributed by atoms with Gasteiger partial charge in [-0.25, -0.2) is 24.1 Å². The van der Waals surface area contributed by atoms with Crippen LogP contribution in [0.3, 0.4) is 0 Å². The first kappa shape index (κ1) is 13.5. The third-order valence-corrected chi connectivity index (χ3v) is 3.71. The molecule has 1 aromatic rings. The molecule has 0 aliphatic rings. The van der Waals surface area contributed by atoms with E-state index in [2.05, 4.69) is 4.74 Å². The molecule has 0 fully saturated rings. The quantitative estimate of drug-likeness (QED) is 0.489. The lowest BCUT2D eigenvalue weighted by Crippen LogP contribution is -2.41. The van der Waals surface area contributed by atoms with Crippen molar-refractivity contribution in [1.82, 2.24) is 5.01 Å². The minimum atomic E-state index is -3.63. The van der Waals surface area contributed by atoms with E-state index in [9.17, 15) is 13.2 Å². The van der Waals surface area contributed by atoms with Gasteiger partial charge >= 0.3 is 6.09 Å². The number of amides is 1. The van der Waals surface area contributed by atoms with Crippen LogP contribution in [-0.4, -0.2) is 32.5 Å². The zero-order valence-electron chi connectivity index (χ0n) is 9.58. The standard InChI is InChI=1S/C10H14N2O4S/c1-8-3-5-9(6-4-8)17(14,15)7-12(11)10(13)16-2/h3-6H,7,11H2,1-2H3. The Morgan fingerprint density at radius 2 is 1.88 bits per heavy atom. The van der Waals surface area contributed by atoms with Crippen molar-refractivity contribution in [3.05, 3.63) is 29.8 Å². The molecule has 0 saturated heterocycles. The highest BCUT2D eigenvalue weighted by molar-refractivity contribution is 7.91. The number of hydrogen-bond acceptors (Lipinski definition) is 5. The van der Waals surface area contributed by atoms with Crippen LogP contribution in [0.5, 0.6) is 0 Å². The fourth-order valence-corrected chi connectivity index (χ4v) is 2.34. The molecular formula is C10H14N2O4S. The predicted octanol–water partition coefficient (Wildman–Crippen LogP) is 0.668. The molecule has 0 radical (unpaired) electrons. The second-order valence-corrected chi connectivity index (χ2v) is 5.46. The van der Waals surface area contributed by atoms with Crippen LogP contribution in [0.15, 0.2) is 29.2 Å². The molecule has 0 spiro atoms. The van der Waals surface area contributed by atoms with Crippen LogP contribution in [0.1, 0.15) is 5.56 Å². The number of carbonyl (C=O) groups excluding carboxylic acids is 1. The Hall–Kier alpha value is -1.60. The second-order valence-electron chi connectivity index (χ2n) is 3.50. The predicted molar refractivity (Wildman–Crippen MR) is 61.7 cm³/mol. The Labute approximate surface area is 99.9 Å². The molecule has 1 aromatic carbocycles. The second kappa shape index (κ2) is 5.15. The summed E-state index contributed by atoms with van der Waals surface area (Å²) in [5, 5.41) is 0.509. The van der Waals surface area contributed by atoms with Gasteiger partial charge in [0.1, 0.15) is 5.88 Å². The van der Waals surface area contributed by atoms with E-state index in [4.69, 9.17) is 5.84 Å². The lowest BCUT2D eigenvalue weighted by atomic mass is 10.2. The molecule has 0 unspecified atom stereocenters. The summed E-state index contributed by atoms with van der Waals surface area (Å²) in [6, 6.07) is 6.28. The lowest BCUT2D eigenvalue weighted by Gasteiger charge is -2.14. The van der Waals surface area contributed by atoms with Crippen molar-refractivity contribution in [1.29, 1.82) is 0 Å². The van der Waals surface area contributed by atoms with Gasteiger partial charge in [-0.05, 0) is 19.1 Å². The minimum Gasteiger partial charge on any atom is -0.452 e. The van der Waals surface area contributed by atoms with Crippen molar-refractivity contribution in [2.24, 2.45) is 5.84 Å². The third-order valence-electron chi connectivity index (χ3n) is 2.10. The molecule has 7 heteroatoms. The maximum atomic E-state index is 11.8. The van der Waals surface area contributed by atoms with Crippen molar-refractivity contribution in [2.75, 3.05) is 13.0 Å². The van der Waals surface area contributed by atoms with Crippen molar-refractivity contribution < 1.29 is 17.9 Å². The number of benzene rings is 1. The smallest absolute Gasteiger partial charge is 0.424 e. The number of hydrazine groups is 1. The first-order valence-electron chi connectivity index (χ1n) is 4.76. The summed E-state index contributed by atoms with van der Waals surface area (Å²) in [6.07, 6.45) is -0.902. The molecular weight excluding hydrogens is 244 g/mol. The van der Waals surface area contributed by atoms with Gasteiger partial charge in [0.2, 0.25) is 0 Å². The molecule has 1 amide bonds. The molecule has 0 atom stereocenters. The zero-order valence-corrected chi connectivity index (χ0v) is 10.4. The number of aryl methyl sites for hydroxylation is 1. The molecule has 0 heterocycles. The van der Waals surface area contributed by atoms with E-state index < -0.39 is 21.8 Å². The molecule has 17 heavy (non-hydrogen) atoms. The van der Waals surface area contributed by atoms with Gasteiger partial charge < -0.3 is 4.74 Å². The number of ether oxygens (including phenoxy) is 1. The van der Waals surface area contributed by atoms with Crippen molar-refractivity contribution in [2.45, 2.75) is 11.8 Å². The van der Waals surface area contributed by atoms with Crippen LogP contribution in [0.4, 0.5) is 4.79 Å². The molecule has 6 nitrogen and oxygen atoms in total. The monoisotopic (exact) mass is 258 g/mol. The molecule has 0 bridgehead atoms. The van der Waals surface area contributed by atoms with E-state index >= 15 is 0 Å². The van der Waals surface area contributed by atoms with Gasteiger partial charge in [0, 0.05) is 0 Å². The summed E-state index contributed by atoms with van der Waals surface area (Å²) >= 11 is 0. The number of hydrogen-bond donors (Lipinski definition) is 1. The Morgan fingerprint density at radius 1 is 1.35 bits per heavy atom. The van der Waals surface area contributed by atoms with E-state index in [1.165, 1.54) is 12.1 Å². The van der Waals surface area contributed by atoms with Crippen LogP contribution in [0, 0.1) is 6.92 Å². The zero-order chi connectivity index (χ0) is 13.1. The Balaban J connectivity index is 2.89. The van der Waals surface area contributed by atoms with Gasteiger partial charge in [-0.2, -0.15) is 0 Å². The van der Waals surface area contributed by atoms with Crippen LogP contribution >= 0.6 is 0 Å². The molecule has 94 valence electrons. The lowest BCUT2D eigenvalue weighted by molar-refractivity contribution is 0.131. The fraction of sp³-hybridized carbons (Fsp3) is 0.300. The SMILES string of the molecule is COC(=O)N(N)CS(=O)(=O)c1ccc(C)cc1. The van der Waals surface area contributed by atoms with Gasteiger partial charge in [0.25, 0.3) is 0 Å². The number of nitrogens with zero attached hydrogens (tertiary/aromatic N) is 1. The first-order valence-corrected chi connectivity index (χ1v) is 6.41. The number of nitrogens with two attached hydrogens (primary N) is 1. The number of sulfone groups is 1. The number of methoxy groups -OCH3 is 1. The van der Waals surface area contributed by atoms with Crippen molar-refractivity contribution in [3.8, 4) is 0 Å². The molecule has 0 saturated carbocycles. The summed E-state index contributed by atoms with van der Waals surface area (Å²) < 4.78 is 28.0. The highest BCUT2D eigenvalue weighted by atomic mass is 32.2. The largest absolute Gasteiger partial charge is 0.452 e. The van der Waals surface area contributed by atoms with E-state index in [0.29, 0.717) is 5.01 Å². The molecule has 2 N–H and O–H groups in total. The van der Waals surface area contributed by atoms with Crippen molar-refractivity contribution >= 4 is 15.9 Å². The maximum Gasteiger partial charge on any atom is 0.424 e. The van der Waals surface area contributed by atoms with Crippen molar-refractivity contribution in [3.63, 3.8) is 0 Å². The molecule has 0 aromatic heterocycles. The van der Waals surface area contributed by atoms with E-state index in [1.807, 2.05) is 6.92 Å². The van der Waals surface area contributed by atoms with E-state index in [1.54, 1.807) is 12.1 Å². The van der Waals surface area contributed by atoms with E-state index in [-0.39, 0.29) is 4.90 Å². The topological polar surface area (TPSA) is 89.7 Å². The van der Waals surface area contributed by atoms with Crippen LogP contribution in [0.2, 0.25) is 0 Å². The van der Waals surface area contributed by atoms with Crippen LogP contribution in [0.25, 0.3) is 0 Å². The van der Waals surface area contributed by atoms with Gasteiger partial charge in [-0.3, -0.25) is 0 Å². The Morgan fingerprint density at radius 3 is 2.35 bits per heavy atom. The van der Waals surface area contributed by atoms with Crippen LogP contribution < -0.4 is 5.84 Å².